The number of thiazole rings is 1. The Kier molecular flexibility index (Phi) is 3.68. The normalized spacial score (nSPS) is 10.8. The maximum absolute atomic E-state index is 11.3. The van der Waals surface area contributed by atoms with E-state index in [1.807, 2.05) is 43.3 Å². The average molecular weight is 317 g/mol. The summed E-state index contributed by atoms with van der Waals surface area (Å²) in [4.78, 5) is 17.7. The van der Waals surface area contributed by atoms with Gasteiger partial charge in [-0.1, -0.05) is 23.5 Å². The second-order valence-electron chi connectivity index (χ2n) is 5.01. The first-order valence-electron chi connectivity index (χ1n) is 6.66. The molecule has 0 aliphatic rings. The van der Waals surface area contributed by atoms with Crippen molar-refractivity contribution in [2.24, 2.45) is 0 Å². The van der Waals surface area contributed by atoms with Crippen LogP contribution in [0.2, 0.25) is 0 Å². The number of imidazole rings is 1. The summed E-state index contributed by atoms with van der Waals surface area (Å²) >= 11 is 1.37. The Balaban J connectivity index is 1.85. The quantitative estimate of drug-likeness (QED) is 0.578. The van der Waals surface area contributed by atoms with E-state index in [9.17, 15) is 10.1 Å². The molecule has 0 atom stereocenters. The van der Waals surface area contributed by atoms with Gasteiger partial charge < -0.3 is 20.3 Å². The number of benzene rings is 1. The van der Waals surface area contributed by atoms with Gasteiger partial charge in [-0.15, -0.1) is 0 Å². The van der Waals surface area contributed by atoms with Crippen molar-refractivity contribution in [2.75, 3.05) is 24.3 Å². The number of nitrogens with one attached hydrogen (secondary N) is 1. The smallest absolute Gasteiger partial charge is 0.372 e. The summed E-state index contributed by atoms with van der Waals surface area (Å²) in [5, 5.41) is 16.1. The lowest BCUT2D eigenvalue weighted by Crippen LogP contribution is -2.09. The third kappa shape index (κ3) is 2.60. The lowest BCUT2D eigenvalue weighted by atomic mass is 10.2. The summed E-state index contributed by atoms with van der Waals surface area (Å²) in [6, 6.07) is 7.99. The first-order chi connectivity index (χ1) is 10.6. The average Bonchev–Trinajstić information content (AvgIpc) is 3.05. The van der Waals surface area contributed by atoms with Gasteiger partial charge in [-0.25, -0.2) is 0 Å². The van der Waals surface area contributed by atoms with Crippen molar-refractivity contribution in [1.82, 2.24) is 9.38 Å². The Labute approximate surface area is 131 Å². The van der Waals surface area contributed by atoms with E-state index >= 15 is 0 Å². The highest BCUT2D eigenvalue weighted by atomic mass is 32.1. The lowest BCUT2D eigenvalue weighted by Gasteiger charge is -2.13. The number of hydrogen-bond acceptors (Lipinski definition) is 6. The van der Waals surface area contributed by atoms with Crippen molar-refractivity contribution in [2.45, 2.75) is 6.54 Å². The number of hydrogen-bond donors (Lipinski definition) is 1. The van der Waals surface area contributed by atoms with Crippen LogP contribution >= 0.6 is 11.3 Å². The Morgan fingerprint density at radius 1 is 1.45 bits per heavy atom. The molecule has 2 heterocycles. The molecule has 2 aromatic heterocycles. The molecule has 3 aromatic rings. The summed E-state index contributed by atoms with van der Waals surface area (Å²) in [7, 11) is 3.95. The Bertz CT molecular complexity index is 824. The molecular weight excluding hydrogens is 302 g/mol. The first kappa shape index (κ1) is 14.3. The molecule has 1 aromatic carbocycles. The fraction of sp³-hybridized carbons (Fsp3) is 0.214. The maximum Gasteiger partial charge on any atom is 0.372 e. The highest BCUT2D eigenvalue weighted by molar-refractivity contribution is 7.15. The van der Waals surface area contributed by atoms with Gasteiger partial charge in [-0.3, -0.25) is 0 Å². The van der Waals surface area contributed by atoms with Gasteiger partial charge in [0.25, 0.3) is 4.96 Å². The molecule has 0 saturated heterocycles. The second-order valence-corrected chi connectivity index (χ2v) is 5.89. The lowest BCUT2D eigenvalue weighted by molar-refractivity contribution is -0.389. The highest BCUT2D eigenvalue weighted by Crippen LogP contribution is 2.28. The Morgan fingerprint density at radius 2 is 2.27 bits per heavy atom. The fourth-order valence-corrected chi connectivity index (χ4v) is 2.91. The van der Waals surface area contributed by atoms with E-state index in [1.165, 1.54) is 15.7 Å². The zero-order chi connectivity index (χ0) is 15.7. The van der Waals surface area contributed by atoms with Gasteiger partial charge in [-0.05, 0) is 22.6 Å². The molecule has 0 radical (unpaired) electrons. The minimum atomic E-state index is -0.411. The van der Waals surface area contributed by atoms with Gasteiger partial charge in [0.05, 0.1) is 0 Å². The highest BCUT2D eigenvalue weighted by Gasteiger charge is 2.23. The van der Waals surface area contributed by atoms with Crippen LogP contribution < -0.4 is 10.2 Å². The number of nitro groups is 1. The van der Waals surface area contributed by atoms with Gasteiger partial charge >= 0.3 is 5.82 Å². The molecule has 0 unspecified atom stereocenters. The van der Waals surface area contributed by atoms with Crippen LogP contribution in [-0.4, -0.2) is 28.4 Å². The molecule has 3 rings (SSSR count). The summed E-state index contributed by atoms with van der Waals surface area (Å²) < 4.78 is 1.49. The minimum absolute atomic E-state index is 0.0278. The summed E-state index contributed by atoms with van der Waals surface area (Å²) in [6.45, 7) is 0.480. The SMILES string of the molecule is CN(C)c1cccc(CNc2nc3sccn3c2[N+](=O)[O-])c1. The van der Waals surface area contributed by atoms with Gasteiger partial charge in [0.1, 0.15) is 6.20 Å². The van der Waals surface area contributed by atoms with Crippen LogP contribution in [0.5, 0.6) is 0 Å². The standard InChI is InChI=1S/C14H15N5O2S/c1-17(2)11-5-3-4-10(8-11)9-15-12-13(19(20)21)18-6-7-22-14(18)16-12/h3-8,15H,9H2,1-2H3. The van der Waals surface area contributed by atoms with Gasteiger partial charge in [0.15, 0.2) is 0 Å². The van der Waals surface area contributed by atoms with E-state index in [0.717, 1.165) is 11.3 Å². The van der Waals surface area contributed by atoms with Crippen molar-refractivity contribution in [3.8, 4) is 0 Å². The molecule has 0 bridgehead atoms. The Morgan fingerprint density at radius 3 is 3.00 bits per heavy atom. The van der Waals surface area contributed by atoms with Crippen LogP contribution in [-0.2, 0) is 6.54 Å². The van der Waals surface area contributed by atoms with Gasteiger partial charge in [0, 0.05) is 31.7 Å². The van der Waals surface area contributed by atoms with Crippen molar-refractivity contribution in [1.29, 1.82) is 0 Å². The second kappa shape index (κ2) is 5.64. The van der Waals surface area contributed by atoms with Crippen LogP contribution in [0.1, 0.15) is 5.56 Å². The molecule has 114 valence electrons. The van der Waals surface area contributed by atoms with Crippen molar-refractivity contribution in [3.63, 3.8) is 0 Å². The summed E-state index contributed by atoms with van der Waals surface area (Å²) in [5.74, 6) is 0.270. The third-order valence-corrected chi connectivity index (χ3v) is 4.05. The zero-order valence-electron chi connectivity index (χ0n) is 12.2. The third-order valence-electron chi connectivity index (χ3n) is 3.30. The number of nitrogens with zero attached hydrogens (tertiary/aromatic N) is 4. The van der Waals surface area contributed by atoms with Crippen LogP contribution in [0.4, 0.5) is 17.3 Å². The van der Waals surface area contributed by atoms with Crippen molar-refractivity contribution >= 4 is 33.6 Å². The molecule has 0 aliphatic heterocycles. The molecule has 0 amide bonds. The van der Waals surface area contributed by atoms with Crippen molar-refractivity contribution in [3.05, 3.63) is 51.5 Å². The fourth-order valence-electron chi connectivity index (χ4n) is 2.20. The molecule has 0 aliphatic carbocycles. The number of rotatable bonds is 5. The molecule has 22 heavy (non-hydrogen) atoms. The number of fused-ring (bicyclic) bond motifs is 1. The molecule has 0 saturated carbocycles. The van der Waals surface area contributed by atoms with E-state index in [-0.39, 0.29) is 5.82 Å². The van der Waals surface area contributed by atoms with E-state index in [1.54, 1.807) is 11.6 Å². The summed E-state index contributed by atoms with van der Waals surface area (Å²) in [5.41, 5.74) is 2.12. The molecular formula is C14H15N5O2S. The van der Waals surface area contributed by atoms with Gasteiger partial charge in [0.2, 0.25) is 5.82 Å². The number of aromatic nitrogens is 2. The van der Waals surface area contributed by atoms with E-state index < -0.39 is 4.92 Å². The largest absolute Gasteiger partial charge is 0.378 e. The molecule has 7 nitrogen and oxygen atoms in total. The molecule has 8 heteroatoms. The number of anilines is 2. The minimum Gasteiger partial charge on any atom is -0.378 e. The monoisotopic (exact) mass is 317 g/mol. The zero-order valence-corrected chi connectivity index (χ0v) is 13.0. The molecule has 0 fully saturated rings. The first-order valence-corrected chi connectivity index (χ1v) is 7.54. The van der Waals surface area contributed by atoms with E-state index in [2.05, 4.69) is 10.3 Å². The maximum atomic E-state index is 11.3. The van der Waals surface area contributed by atoms with Crippen LogP contribution in [0.3, 0.4) is 0 Å². The predicted octanol–water partition coefficient (Wildman–Crippen LogP) is 2.98. The summed E-state index contributed by atoms with van der Waals surface area (Å²) in [6.07, 6.45) is 1.66. The van der Waals surface area contributed by atoms with Crippen LogP contribution in [0, 0.1) is 10.1 Å². The van der Waals surface area contributed by atoms with Crippen LogP contribution in [0.25, 0.3) is 4.96 Å². The molecule has 0 spiro atoms. The predicted molar refractivity (Wildman–Crippen MR) is 87.8 cm³/mol. The van der Waals surface area contributed by atoms with E-state index in [4.69, 9.17) is 0 Å². The van der Waals surface area contributed by atoms with Gasteiger partial charge in [-0.2, -0.15) is 9.38 Å². The molecule has 1 N–H and O–H groups in total. The van der Waals surface area contributed by atoms with Crippen molar-refractivity contribution < 1.29 is 4.92 Å². The van der Waals surface area contributed by atoms with E-state index in [0.29, 0.717) is 17.3 Å². The van der Waals surface area contributed by atoms with Crippen LogP contribution in [0.15, 0.2) is 35.8 Å². The Hall–Kier alpha value is -2.61. The topological polar surface area (TPSA) is 75.7 Å².